The summed E-state index contributed by atoms with van der Waals surface area (Å²) in [4.78, 5) is 23.2. The summed E-state index contributed by atoms with van der Waals surface area (Å²) in [7, 11) is 0. The third kappa shape index (κ3) is 6.02. The van der Waals surface area contributed by atoms with E-state index in [1.54, 1.807) is 36.4 Å². The van der Waals surface area contributed by atoms with Crippen molar-refractivity contribution in [2.45, 2.75) is 6.92 Å². The smallest absolute Gasteiger partial charge is 0.243 e. The van der Waals surface area contributed by atoms with Gasteiger partial charge in [0.15, 0.2) is 0 Å². The van der Waals surface area contributed by atoms with Gasteiger partial charge in [-0.3, -0.25) is 9.59 Å². The Morgan fingerprint density at radius 1 is 1.08 bits per heavy atom. The molecule has 0 radical (unpaired) electrons. The summed E-state index contributed by atoms with van der Waals surface area (Å²) < 4.78 is 5.51. The number of nitrogens with one attached hydrogen (secondary N) is 3. The second-order valence-corrected chi connectivity index (χ2v) is 5.26. The summed E-state index contributed by atoms with van der Waals surface area (Å²) in [5.41, 5.74) is 2.00. The molecule has 2 rings (SSSR count). The van der Waals surface area contributed by atoms with Crippen molar-refractivity contribution in [1.82, 2.24) is 0 Å². The van der Waals surface area contributed by atoms with Crippen LogP contribution in [-0.2, 0) is 9.59 Å². The highest BCUT2D eigenvalue weighted by molar-refractivity contribution is 5.95. The lowest BCUT2D eigenvalue weighted by molar-refractivity contribution is -0.115. The van der Waals surface area contributed by atoms with Gasteiger partial charge in [-0.2, -0.15) is 0 Å². The first-order valence-electron chi connectivity index (χ1n) is 7.82. The zero-order chi connectivity index (χ0) is 18.1. The number of ether oxygens (including phenoxy) is 1. The molecular formula is C19H21N3O3. The molecule has 0 fully saturated rings. The van der Waals surface area contributed by atoms with Crippen LogP contribution in [0, 0.1) is 0 Å². The summed E-state index contributed by atoms with van der Waals surface area (Å²) in [6.07, 6.45) is 1.64. The second-order valence-electron chi connectivity index (χ2n) is 5.26. The van der Waals surface area contributed by atoms with Crippen LogP contribution in [0.3, 0.4) is 0 Å². The average molecular weight is 339 g/mol. The number of benzene rings is 2. The Bertz CT molecular complexity index is 759. The van der Waals surface area contributed by atoms with Gasteiger partial charge >= 0.3 is 0 Å². The first-order chi connectivity index (χ1) is 12.1. The molecule has 6 nitrogen and oxygen atoms in total. The van der Waals surface area contributed by atoms with E-state index in [1.807, 2.05) is 18.2 Å². The molecule has 0 heterocycles. The van der Waals surface area contributed by atoms with Crippen LogP contribution in [0.4, 0.5) is 17.1 Å². The molecule has 2 aromatic rings. The fraction of sp³-hybridized carbons (Fsp3) is 0.158. The van der Waals surface area contributed by atoms with E-state index in [1.165, 1.54) is 6.92 Å². The Hall–Kier alpha value is -3.28. The van der Waals surface area contributed by atoms with Crippen LogP contribution in [-0.4, -0.2) is 25.0 Å². The SMILES string of the molecule is C=CCOc1ccccc1NC(=O)CNc1cccc(NC(C)=O)c1. The fourth-order valence-electron chi connectivity index (χ4n) is 2.13. The number of para-hydroxylation sites is 2. The highest BCUT2D eigenvalue weighted by Gasteiger charge is 2.07. The molecule has 0 bridgehead atoms. The standard InChI is InChI=1S/C19H21N3O3/c1-3-11-25-18-10-5-4-9-17(18)22-19(24)13-20-15-7-6-8-16(12-15)21-14(2)23/h3-10,12,20H,1,11,13H2,2H3,(H,21,23)(H,22,24). The summed E-state index contributed by atoms with van der Waals surface area (Å²) in [6, 6.07) is 14.4. The van der Waals surface area contributed by atoms with E-state index >= 15 is 0 Å². The van der Waals surface area contributed by atoms with E-state index < -0.39 is 0 Å². The molecule has 0 aromatic heterocycles. The maximum Gasteiger partial charge on any atom is 0.243 e. The van der Waals surface area contributed by atoms with Crippen LogP contribution in [0.1, 0.15) is 6.92 Å². The molecule has 0 atom stereocenters. The Labute approximate surface area is 146 Å². The van der Waals surface area contributed by atoms with Gasteiger partial charge in [-0.05, 0) is 30.3 Å². The maximum absolute atomic E-state index is 12.2. The van der Waals surface area contributed by atoms with Crippen molar-refractivity contribution in [3.05, 3.63) is 61.2 Å². The topological polar surface area (TPSA) is 79.5 Å². The van der Waals surface area contributed by atoms with Crippen LogP contribution in [0.15, 0.2) is 61.2 Å². The molecule has 0 spiro atoms. The number of amides is 2. The minimum Gasteiger partial charge on any atom is -0.487 e. The molecule has 2 amide bonds. The van der Waals surface area contributed by atoms with Crippen molar-refractivity contribution in [3.8, 4) is 5.75 Å². The molecular weight excluding hydrogens is 318 g/mol. The van der Waals surface area contributed by atoms with Gasteiger partial charge in [0.05, 0.1) is 12.2 Å². The number of carbonyl (C=O) groups excluding carboxylic acids is 2. The van der Waals surface area contributed by atoms with E-state index in [4.69, 9.17) is 4.74 Å². The van der Waals surface area contributed by atoms with Crippen LogP contribution < -0.4 is 20.7 Å². The van der Waals surface area contributed by atoms with Crippen LogP contribution >= 0.6 is 0 Å². The van der Waals surface area contributed by atoms with Gasteiger partial charge in [0.25, 0.3) is 0 Å². The number of rotatable bonds is 8. The molecule has 0 aliphatic rings. The highest BCUT2D eigenvalue weighted by atomic mass is 16.5. The van der Waals surface area contributed by atoms with E-state index in [0.29, 0.717) is 23.7 Å². The molecule has 2 aromatic carbocycles. The van der Waals surface area contributed by atoms with Gasteiger partial charge in [0.2, 0.25) is 11.8 Å². The third-order valence-corrected chi connectivity index (χ3v) is 3.15. The van der Waals surface area contributed by atoms with Crippen LogP contribution in [0.25, 0.3) is 0 Å². The normalized spacial score (nSPS) is 9.80. The quantitative estimate of drug-likeness (QED) is 0.645. The number of anilines is 3. The fourth-order valence-corrected chi connectivity index (χ4v) is 2.13. The number of hydrogen-bond acceptors (Lipinski definition) is 4. The maximum atomic E-state index is 12.2. The molecule has 0 unspecified atom stereocenters. The van der Waals surface area contributed by atoms with Crippen LogP contribution in [0.5, 0.6) is 5.75 Å². The lowest BCUT2D eigenvalue weighted by Gasteiger charge is -2.12. The largest absolute Gasteiger partial charge is 0.487 e. The number of carbonyl (C=O) groups is 2. The van der Waals surface area contributed by atoms with Gasteiger partial charge in [-0.25, -0.2) is 0 Å². The second kappa shape index (κ2) is 9.12. The Morgan fingerprint density at radius 3 is 2.60 bits per heavy atom. The van der Waals surface area contributed by atoms with Crippen LogP contribution in [0.2, 0.25) is 0 Å². The lowest BCUT2D eigenvalue weighted by Crippen LogP contribution is -2.22. The summed E-state index contributed by atoms with van der Waals surface area (Å²) >= 11 is 0. The Morgan fingerprint density at radius 2 is 1.84 bits per heavy atom. The predicted octanol–water partition coefficient (Wildman–Crippen LogP) is 3.26. The first kappa shape index (κ1) is 18.1. The van der Waals surface area contributed by atoms with Gasteiger partial charge < -0.3 is 20.7 Å². The number of hydrogen-bond donors (Lipinski definition) is 3. The highest BCUT2D eigenvalue weighted by Crippen LogP contribution is 2.23. The molecule has 3 N–H and O–H groups in total. The van der Waals surface area contributed by atoms with Crippen molar-refractivity contribution < 1.29 is 14.3 Å². The van der Waals surface area contributed by atoms with Crippen molar-refractivity contribution in [3.63, 3.8) is 0 Å². The lowest BCUT2D eigenvalue weighted by atomic mass is 10.2. The van der Waals surface area contributed by atoms with Gasteiger partial charge in [-0.1, -0.05) is 30.9 Å². The molecule has 25 heavy (non-hydrogen) atoms. The third-order valence-electron chi connectivity index (χ3n) is 3.15. The van der Waals surface area contributed by atoms with Crippen molar-refractivity contribution in [2.24, 2.45) is 0 Å². The van der Waals surface area contributed by atoms with Crippen molar-refractivity contribution in [2.75, 3.05) is 29.1 Å². The Balaban J connectivity index is 1.93. The minimum atomic E-state index is -0.209. The van der Waals surface area contributed by atoms with E-state index in [-0.39, 0.29) is 18.4 Å². The zero-order valence-electron chi connectivity index (χ0n) is 14.0. The summed E-state index contributed by atoms with van der Waals surface area (Å²) in [5.74, 6) is 0.231. The molecule has 0 saturated heterocycles. The van der Waals surface area contributed by atoms with Gasteiger partial charge in [-0.15, -0.1) is 0 Å². The van der Waals surface area contributed by atoms with Gasteiger partial charge in [0.1, 0.15) is 12.4 Å². The molecule has 0 saturated carbocycles. The molecule has 0 aliphatic heterocycles. The van der Waals surface area contributed by atoms with Crippen molar-refractivity contribution >= 4 is 28.9 Å². The Kier molecular flexibility index (Phi) is 6.59. The monoisotopic (exact) mass is 339 g/mol. The summed E-state index contributed by atoms with van der Waals surface area (Å²) in [5, 5.41) is 8.52. The van der Waals surface area contributed by atoms with Gasteiger partial charge in [0, 0.05) is 18.3 Å². The molecule has 6 heteroatoms. The minimum absolute atomic E-state index is 0.0827. The van der Waals surface area contributed by atoms with E-state index in [0.717, 1.165) is 5.69 Å². The predicted molar refractivity (Wildman–Crippen MR) is 100.0 cm³/mol. The average Bonchev–Trinajstić information content (AvgIpc) is 2.59. The van der Waals surface area contributed by atoms with Crippen molar-refractivity contribution in [1.29, 1.82) is 0 Å². The van der Waals surface area contributed by atoms with E-state index in [2.05, 4.69) is 22.5 Å². The molecule has 0 aliphatic carbocycles. The zero-order valence-corrected chi connectivity index (χ0v) is 14.0. The first-order valence-corrected chi connectivity index (χ1v) is 7.82. The summed E-state index contributed by atoms with van der Waals surface area (Å²) in [6.45, 7) is 5.49. The molecule has 130 valence electrons. The van der Waals surface area contributed by atoms with E-state index in [9.17, 15) is 9.59 Å².